The van der Waals surface area contributed by atoms with Crippen molar-refractivity contribution in [1.82, 2.24) is 0 Å². The number of rotatable bonds is 5. The van der Waals surface area contributed by atoms with Crippen LogP contribution in [-0.2, 0) is 0 Å². The molecule has 0 radical (unpaired) electrons. The Bertz CT molecular complexity index is 344. The molecule has 78 valence electrons. The molecule has 0 spiro atoms. The Balaban J connectivity index is 1.70. The predicted molar refractivity (Wildman–Crippen MR) is 61.6 cm³/mol. The highest BCUT2D eigenvalue weighted by atomic mass is 14.9. The molecular formula is C13H16N2. The fourth-order valence-electron chi connectivity index (χ4n) is 1.69. The lowest BCUT2D eigenvalue weighted by molar-refractivity contribution is 0.687. The van der Waals surface area contributed by atoms with Crippen LogP contribution in [0.4, 0.5) is 5.69 Å². The highest BCUT2D eigenvalue weighted by molar-refractivity contribution is 5.46. The molecule has 1 aliphatic carbocycles. The summed E-state index contributed by atoms with van der Waals surface area (Å²) in [6.07, 6.45) is 5.50. The number of nitrogens with one attached hydrogen (secondary N) is 1. The van der Waals surface area contributed by atoms with Gasteiger partial charge in [-0.2, -0.15) is 5.26 Å². The Morgan fingerprint density at radius 2 is 2.00 bits per heavy atom. The third kappa shape index (κ3) is 3.28. The number of nitriles is 1. The molecule has 1 aliphatic rings. The molecule has 15 heavy (non-hydrogen) atoms. The van der Waals surface area contributed by atoms with Crippen molar-refractivity contribution in [2.24, 2.45) is 5.92 Å². The Morgan fingerprint density at radius 3 is 2.60 bits per heavy atom. The number of hydrogen-bond donors (Lipinski definition) is 1. The van der Waals surface area contributed by atoms with E-state index >= 15 is 0 Å². The van der Waals surface area contributed by atoms with Crippen molar-refractivity contribution in [1.29, 1.82) is 5.26 Å². The summed E-state index contributed by atoms with van der Waals surface area (Å²) < 4.78 is 0. The van der Waals surface area contributed by atoms with Crippen LogP contribution in [0.3, 0.4) is 0 Å². The quantitative estimate of drug-likeness (QED) is 0.741. The summed E-state index contributed by atoms with van der Waals surface area (Å²) in [5.74, 6) is 1.02. The van der Waals surface area contributed by atoms with E-state index in [1.165, 1.54) is 25.7 Å². The summed E-state index contributed by atoms with van der Waals surface area (Å²) in [5, 5.41) is 12.0. The van der Waals surface area contributed by atoms with Crippen LogP contribution >= 0.6 is 0 Å². The third-order valence-electron chi connectivity index (χ3n) is 2.83. The van der Waals surface area contributed by atoms with Crippen LogP contribution in [0.5, 0.6) is 0 Å². The Hall–Kier alpha value is -1.49. The largest absolute Gasteiger partial charge is 0.385 e. The van der Waals surface area contributed by atoms with Gasteiger partial charge in [0.1, 0.15) is 0 Å². The van der Waals surface area contributed by atoms with Gasteiger partial charge in [0.05, 0.1) is 11.6 Å². The van der Waals surface area contributed by atoms with E-state index < -0.39 is 0 Å². The summed E-state index contributed by atoms with van der Waals surface area (Å²) in [6.45, 7) is 1.04. The molecule has 0 amide bonds. The van der Waals surface area contributed by atoms with Crippen molar-refractivity contribution in [3.05, 3.63) is 29.8 Å². The van der Waals surface area contributed by atoms with Crippen molar-refractivity contribution in [3.63, 3.8) is 0 Å². The minimum atomic E-state index is 0.721. The van der Waals surface area contributed by atoms with Crippen molar-refractivity contribution < 1.29 is 0 Å². The average Bonchev–Trinajstić information content (AvgIpc) is 3.09. The second-order valence-electron chi connectivity index (χ2n) is 4.20. The SMILES string of the molecule is N#Cc1ccc(NCCCC2CC2)cc1. The van der Waals surface area contributed by atoms with E-state index in [1.807, 2.05) is 24.3 Å². The van der Waals surface area contributed by atoms with Gasteiger partial charge in [-0.15, -0.1) is 0 Å². The molecule has 2 rings (SSSR count). The molecule has 1 saturated carbocycles. The summed E-state index contributed by atoms with van der Waals surface area (Å²) in [5.41, 5.74) is 1.84. The van der Waals surface area contributed by atoms with E-state index in [2.05, 4.69) is 11.4 Å². The minimum absolute atomic E-state index is 0.721. The molecule has 1 fully saturated rings. The second-order valence-corrected chi connectivity index (χ2v) is 4.20. The van der Waals surface area contributed by atoms with Crippen molar-refractivity contribution in [2.45, 2.75) is 25.7 Å². The van der Waals surface area contributed by atoms with Gasteiger partial charge in [-0.25, -0.2) is 0 Å². The molecule has 1 N–H and O–H groups in total. The highest BCUT2D eigenvalue weighted by Crippen LogP contribution is 2.33. The third-order valence-corrected chi connectivity index (χ3v) is 2.83. The van der Waals surface area contributed by atoms with Crippen LogP contribution in [0.25, 0.3) is 0 Å². The van der Waals surface area contributed by atoms with Crippen molar-refractivity contribution >= 4 is 5.69 Å². The van der Waals surface area contributed by atoms with E-state index in [0.29, 0.717) is 0 Å². The number of nitrogens with zero attached hydrogens (tertiary/aromatic N) is 1. The van der Waals surface area contributed by atoms with E-state index in [0.717, 1.165) is 23.7 Å². The average molecular weight is 200 g/mol. The van der Waals surface area contributed by atoms with Gasteiger partial charge in [0.25, 0.3) is 0 Å². The zero-order valence-electron chi connectivity index (χ0n) is 8.87. The van der Waals surface area contributed by atoms with Gasteiger partial charge in [0.2, 0.25) is 0 Å². The minimum Gasteiger partial charge on any atom is -0.385 e. The molecule has 0 aliphatic heterocycles. The number of anilines is 1. The molecule has 0 bridgehead atoms. The van der Waals surface area contributed by atoms with Crippen LogP contribution in [0.1, 0.15) is 31.2 Å². The molecule has 2 nitrogen and oxygen atoms in total. The van der Waals surface area contributed by atoms with Gasteiger partial charge in [-0.3, -0.25) is 0 Å². The zero-order valence-corrected chi connectivity index (χ0v) is 8.87. The fraction of sp³-hybridized carbons (Fsp3) is 0.462. The maximum atomic E-state index is 8.64. The van der Waals surface area contributed by atoms with Crippen LogP contribution in [0, 0.1) is 17.2 Å². The lowest BCUT2D eigenvalue weighted by Gasteiger charge is -2.05. The van der Waals surface area contributed by atoms with Crippen LogP contribution in [-0.4, -0.2) is 6.54 Å². The summed E-state index contributed by atoms with van der Waals surface area (Å²) in [6, 6.07) is 9.75. The molecule has 0 unspecified atom stereocenters. The Kier molecular flexibility index (Phi) is 3.24. The van der Waals surface area contributed by atoms with E-state index in [1.54, 1.807) is 0 Å². The topological polar surface area (TPSA) is 35.8 Å². The van der Waals surface area contributed by atoms with Gasteiger partial charge in [0, 0.05) is 12.2 Å². The molecule has 0 saturated heterocycles. The molecular weight excluding hydrogens is 184 g/mol. The van der Waals surface area contributed by atoms with Crippen LogP contribution < -0.4 is 5.32 Å². The zero-order chi connectivity index (χ0) is 10.5. The molecule has 0 heterocycles. The van der Waals surface area contributed by atoms with Crippen molar-refractivity contribution in [3.8, 4) is 6.07 Å². The normalized spacial score (nSPS) is 14.6. The first-order valence-corrected chi connectivity index (χ1v) is 5.62. The lowest BCUT2D eigenvalue weighted by Crippen LogP contribution is -2.01. The first-order valence-electron chi connectivity index (χ1n) is 5.62. The molecule has 0 atom stereocenters. The molecule has 0 aromatic heterocycles. The summed E-state index contributed by atoms with van der Waals surface area (Å²) >= 11 is 0. The lowest BCUT2D eigenvalue weighted by atomic mass is 10.2. The van der Waals surface area contributed by atoms with Gasteiger partial charge in [-0.1, -0.05) is 12.8 Å². The smallest absolute Gasteiger partial charge is 0.0991 e. The number of hydrogen-bond acceptors (Lipinski definition) is 2. The first-order chi connectivity index (χ1) is 7.38. The number of benzene rings is 1. The predicted octanol–water partition coefficient (Wildman–Crippen LogP) is 3.16. The van der Waals surface area contributed by atoms with Gasteiger partial charge >= 0.3 is 0 Å². The second kappa shape index (κ2) is 4.84. The van der Waals surface area contributed by atoms with E-state index in [4.69, 9.17) is 5.26 Å². The highest BCUT2D eigenvalue weighted by Gasteiger charge is 2.19. The van der Waals surface area contributed by atoms with Gasteiger partial charge in [-0.05, 0) is 43.0 Å². The van der Waals surface area contributed by atoms with E-state index in [9.17, 15) is 0 Å². The van der Waals surface area contributed by atoms with Crippen LogP contribution in [0.15, 0.2) is 24.3 Å². The monoisotopic (exact) mass is 200 g/mol. The van der Waals surface area contributed by atoms with Gasteiger partial charge < -0.3 is 5.32 Å². The summed E-state index contributed by atoms with van der Waals surface area (Å²) in [7, 11) is 0. The van der Waals surface area contributed by atoms with Gasteiger partial charge in [0.15, 0.2) is 0 Å². The molecule has 2 heteroatoms. The standard InChI is InChI=1S/C13H16N2/c14-10-12-5-7-13(8-6-12)15-9-1-2-11-3-4-11/h5-8,11,15H,1-4,9H2. The fourth-order valence-corrected chi connectivity index (χ4v) is 1.69. The van der Waals surface area contributed by atoms with Crippen molar-refractivity contribution in [2.75, 3.05) is 11.9 Å². The molecule has 1 aromatic carbocycles. The van der Waals surface area contributed by atoms with E-state index in [-0.39, 0.29) is 0 Å². The summed E-state index contributed by atoms with van der Waals surface area (Å²) in [4.78, 5) is 0. The molecule has 1 aromatic rings. The maximum Gasteiger partial charge on any atom is 0.0991 e. The van der Waals surface area contributed by atoms with Crippen LogP contribution in [0.2, 0.25) is 0 Å². The Morgan fingerprint density at radius 1 is 1.27 bits per heavy atom. The Labute approximate surface area is 90.9 Å². The maximum absolute atomic E-state index is 8.64. The first kappa shape index (κ1) is 10.0.